The number of esters is 2. The predicted molar refractivity (Wildman–Crippen MR) is 90.2 cm³/mol. The Morgan fingerprint density at radius 1 is 1.13 bits per heavy atom. The van der Waals surface area contributed by atoms with E-state index in [1.165, 1.54) is 14.2 Å². The van der Waals surface area contributed by atoms with Gasteiger partial charge in [0.2, 0.25) is 0 Å². The summed E-state index contributed by atoms with van der Waals surface area (Å²) in [4.78, 5) is 29.0. The molecule has 1 aliphatic heterocycles. The minimum absolute atomic E-state index is 0.375. The number of ether oxygens (including phenoxy) is 2. The standard InChI is InChI=1S/C17H18BrNO4/c1-9-13(16(20)22-3)15(11-7-5-6-8-12(11)18)14(10(2)19-9)17(21)23-4/h5-8,13,15H,1-4H3. The summed E-state index contributed by atoms with van der Waals surface area (Å²) in [5, 5.41) is 0. The number of aliphatic imine (C=N–C) groups is 1. The van der Waals surface area contributed by atoms with Crippen LogP contribution in [0, 0.1) is 5.92 Å². The third-order valence-corrected chi connectivity index (χ3v) is 4.65. The number of hydrogen-bond acceptors (Lipinski definition) is 5. The number of rotatable bonds is 3. The Hall–Kier alpha value is -1.95. The van der Waals surface area contributed by atoms with Gasteiger partial charge >= 0.3 is 11.9 Å². The first-order chi connectivity index (χ1) is 10.9. The predicted octanol–water partition coefficient (Wildman–Crippen LogP) is 3.24. The molecule has 2 unspecified atom stereocenters. The van der Waals surface area contributed by atoms with E-state index in [0.29, 0.717) is 17.0 Å². The van der Waals surface area contributed by atoms with E-state index in [1.807, 2.05) is 24.3 Å². The van der Waals surface area contributed by atoms with Crippen LogP contribution in [0.5, 0.6) is 0 Å². The van der Waals surface area contributed by atoms with Crippen LogP contribution in [0.1, 0.15) is 25.3 Å². The zero-order valence-electron chi connectivity index (χ0n) is 13.4. The molecule has 1 aromatic rings. The van der Waals surface area contributed by atoms with E-state index < -0.39 is 23.8 Å². The highest BCUT2D eigenvalue weighted by molar-refractivity contribution is 9.10. The third-order valence-electron chi connectivity index (χ3n) is 3.93. The molecule has 2 atom stereocenters. The Morgan fingerprint density at radius 2 is 1.78 bits per heavy atom. The Kier molecular flexibility index (Phi) is 5.36. The van der Waals surface area contributed by atoms with Gasteiger partial charge < -0.3 is 9.47 Å². The summed E-state index contributed by atoms with van der Waals surface area (Å²) in [6.07, 6.45) is 0. The van der Waals surface area contributed by atoms with Crippen LogP contribution in [-0.2, 0) is 19.1 Å². The maximum atomic E-state index is 12.3. The minimum atomic E-state index is -0.670. The largest absolute Gasteiger partial charge is 0.468 e. The highest BCUT2D eigenvalue weighted by Gasteiger charge is 2.42. The monoisotopic (exact) mass is 379 g/mol. The number of carbonyl (C=O) groups is 2. The lowest BCUT2D eigenvalue weighted by Crippen LogP contribution is -2.36. The highest BCUT2D eigenvalue weighted by atomic mass is 79.9. The molecule has 1 aromatic carbocycles. The van der Waals surface area contributed by atoms with Gasteiger partial charge in [-0.3, -0.25) is 9.79 Å². The Balaban J connectivity index is 2.71. The summed E-state index contributed by atoms with van der Waals surface area (Å²) in [7, 11) is 2.65. The molecule has 0 radical (unpaired) electrons. The maximum absolute atomic E-state index is 12.3. The molecule has 1 aliphatic rings. The summed E-state index contributed by atoms with van der Waals surface area (Å²) in [6, 6.07) is 7.48. The normalized spacial score (nSPS) is 20.8. The topological polar surface area (TPSA) is 65.0 Å². The smallest absolute Gasteiger partial charge is 0.336 e. The van der Waals surface area contributed by atoms with Crippen molar-refractivity contribution in [1.82, 2.24) is 0 Å². The summed E-state index contributed by atoms with van der Waals surface area (Å²) >= 11 is 3.50. The molecule has 6 heteroatoms. The van der Waals surface area contributed by atoms with Gasteiger partial charge in [-0.05, 0) is 25.5 Å². The Morgan fingerprint density at radius 3 is 2.35 bits per heavy atom. The average Bonchev–Trinajstić information content (AvgIpc) is 2.53. The molecule has 0 amide bonds. The van der Waals surface area contributed by atoms with Crippen LogP contribution in [0.15, 0.2) is 45.0 Å². The van der Waals surface area contributed by atoms with Crippen LogP contribution in [0.4, 0.5) is 0 Å². The molecule has 23 heavy (non-hydrogen) atoms. The second-order valence-electron chi connectivity index (χ2n) is 5.24. The fourth-order valence-corrected chi connectivity index (χ4v) is 3.44. The van der Waals surface area contributed by atoms with E-state index in [2.05, 4.69) is 20.9 Å². The molecular weight excluding hydrogens is 362 g/mol. The number of methoxy groups -OCH3 is 2. The van der Waals surface area contributed by atoms with Gasteiger partial charge in [0.25, 0.3) is 0 Å². The number of hydrogen-bond donors (Lipinski definition) is 0. The molecule has 0 saturated carbocycles. The molecule has 0 spiro atoms. The molecule has 0 saturated heterocycles. The first-order valence-corrected chi connectivity index (χ1v) is 7.88. The van der Waals surface area contributed by atoms with Gasteiger partial charge in [0.1, 0.15) is 5.92 Å². The second kappa shape index (κ2) is 7.08. The summed E-state index contributed by atoms with van der Waals surface area (Å²) < 4.78 is 10.7. The Bertz CT molecular complexity index is 708. The van der Waals surface area contributed by atoms with Crippen molar-refractivity contribution in [1.29, 1.82) is 0 Å². The van der Waals surface area contributed by atoms with Crippen molar-refractivity contribution in [2.24, 2.45) is 10.9 Å². The highest BCUT2D eigenvalue weighted by Crippen LogP contribution is 2.42. The van der Waals surface area contributed by atoms with E-state index in [1.54, 1.807) is 13.8 Å². The van der Waals surface area contributed by atoms with E-state index in [9.17, 15) is 9.59 Å². The van der Waals surface area contributed by atoms with Gasteiger partial charge in [0.05, 0.1) is 19.8 Å². The van der Waals surface area contributed by atoms with Crippen molar-refractivity contribution in [3.05, 3.63) is 45.6 Å². The van der Waals surface area contributed by atoms with Crippen molar-refractivity contribution >= 4 is 33.6 Å². The van der Waals surface area contributed by atoms with Crippen LogP contribution in [-0.4, -0.2) is 31.9 Å². The molecule has 0 fully saturated rings. The van der Waals surface area contributed by atoms with Crippen molar-refractivity contribution < 1.29 is 19.1 Å². The fraction of sp³-hybridized carbons (Fsp3) is 0.353. The quantitative estimate of drug-likeness (QED) is 0.756. The molecule has 1 heterocycles. The maximum Gasteiger partial charge on any atom is 0.336 e. The van der Waals surface area contributed by atoms with Gasteiger partial charge in [0, 0.05) is 21.8 Å². The SMILES string of the molecule is COC(=O)C1=C(C)N=C(C)C(C(=O)OC)C1c1ccccc1Br. The lowest BCUT2D eigenvalue weighted by Gasteiger charge is -2.31. The molecule has 5 nitrogen and oxygen atoms in total. The lowest BCUT2D eigenvalue weighted by molar-refractivity contribution is -0.143. The van der Waals surface area contributed by atoms with Crippen molar-refractivity contribution in [3.63, 3.8) is 0 Å². The molecule has 0 bridgehead atoms. The number of benzene rings is 1. The summed E-state index contributed by atoms with van der Waals surface area (Å²) in [6.45, 7) is 3.51. The number of halogens is 1. The van der Waals surface area contributed by atoms with E-state index in [4.69, 9.17) is 9.47 Å². The first-order valence-electron chi connectivity index (χ1n) is 7.08. The van der Waals surface area contributed by atoms with Crippen molar-refractivity contribution in [2.45, 2.75) is 19.8 Å². The zero-order chi connectivity index (χ0) is 17.1. The molecule has 0 aromatic heterocycles. The first kappa shape index (κ1) is 17.4. The molecule has 0 aliphatic carbocycles. The average molecular weight is 380 g/mol. The van der Waals surface area contributed by atoms with Crippen LogP contribution < -0.4 is 0 Å². The zero-order valence-corrected chi connectivity index (χ0v) is 15.0. The van der Waals surface area contributed by atoms with Crippen LogP contribution >= 0.6 is 15.9 Å². The summed E-state index contributed by atoms with van der Waals surface area (Å²) in [5.41, 5.74) is 2.36. The van der Waals surface area contributed by atoms with Gasteiger partial charge in [-0.25, -0.2) is 4.79 Å². The molecule has 2 rings (SSSR count). The molecule has 0 N–H and O–H groups in total. The van der Waals surface area contributed by atoms with Gasteiger partial charge in [-0.15, -0.1) is 0 Å². The number of carbonyl (C=O) groups excluding carboxylic acids is 2. The van der Waals surface area contributed by atoms with Gasteiger partial charge in [-0.2, -0.15) is 0 Å². The number of allylic oxidation sites excluding steroid dienone is 1. The third kappa shape index (κ3) is 3.22. The van der Waals surface area contributed by atoms with Gasteiger partial charge in [-0.1, -0.05) is 34.1 Å². The van der Waals surface area contributed by atoms with E-state index >= 15 is 0 Å². The van der Waals surface area contributed by atoms with Crippen LogP contribution in [0.2, 0.25) is 0 Å². The van der Waals surface area contributed by atoms with Crippen molar-refractivity contribution in [2.75, 3.05) is 14.2 Å². The Labute approximate surface area is 143 Å². The second-order valence-corrected chi connectivity index (χ2v) is 6.10. The van der Waals surface area contributed by atoms with Gasteiger partial charge in [0.15, 0.2) is 0 Å². The van der Waals surface area contributed by atoms with E-state index in [0.717, 1.165) is 10.0 Å². The summed E-state index contributed by atoms with van der Waals surface area (Å²) in [5.74, 6) is -2.10. The lowest BCUT2D eigenvalue weighted by atomic mass is 9.75. The molecule has 122 valence electrons. The fourth-order valence-electron chi connectivity index (χ4n) is 2.91. The van der Waals surface area contributed by atoms with Crippen molar-refractivity contribution in [3.8, 4) is 0 Å². The van der Waals surface area contributed by atoms with Crippen LogP contribution in [0.3, 0.4) is 0 Å². The molecular formula is C17H18BrNO4. The minimum Gasteiger partial charge on any atom is -0.468 e. The number of nitrogens with zero attached hydrogens (tertiary/aromatic N) is 1. The van der Waals surface area contributed by atoms with E-state index in [-0.39, 0.29) is 0 Å². The van der Waals surface area contributed by atoms with Crippen LogP contribution in [0.25, 0.3) is 0 Å².